The molecular formula is C31H21F9INO4S. The van der Waals surface area contributed by atoms with E-state index >= 15 is 0 Å². The van der Waals surface area contributed by atoms with Gasteiger partial charge in [-0.2, -0.15) is 0 Å². The van der Waals surface area contributed by atoms with Gasteiger partial charge in [-0.15, -0.1) is 0 Å². The van der Waals surface area contributed by atoms with E-state index in [0.717, 1.165) is 33.9 Å². The Morgan fingerprint density at radius 1 is 0.681 bits per heavy atom. The second-order valence-electron chi connectivity index (χ2n) is 10.1. The van der Waals surface area contributed by atoms with Crippen molar-refractivity contribution in [1.82, 2.24) is 4.57 Å². The van der Waals surface area contributed by atoms with Crippen LogP contribution in [0.25, 0.3) is 21.8 Å². The quantitative estimate of drug-likeness (QED) is 0.0803. The fourth-order valence-electron chi connectivity index (χ4n) is 4.79. The SMILES string of the molecule is CCn1c2ccccc2c2cc(C(=O)c3ccc(I(OS(=O)(=O)C(F)(F)C(F)(F)C(F)(F)C(F)(F)F)c4ccccc4)cc3)ccc21. The van der Waals surface area contributed by atoms with Crippen LogP contribution in [0.15, 0.2) is 97.1 Å². The molecule has 5 aromatic rings. The number of hydrogen-bond donors (Lipinski definition) is 0. The maximum atomic E-state index is 14.5. The van der Waals surface area contributed by atoms with E-state index in [4.69, 9.17) is 0 Å². The fourth-order valence-corrected chi connectivity index (χ4v) is 11.8. The van der Waals surface area contributed by atoms with E-state index in [1.54, 1.807) is 18.2 Å². The number of alkyl halides is 9. The zero-order valence-electron chi connectivity index (χ0n) is 23.7. The number of fused-ring (bicyclic) bond motifs is 3. The number of benzene rings is 4. The molecule has 1 aromatic heterocycles. The van der Waals surface area contributed by atoms with Crippen LogP contribution in [0.1, 0.15) is 22.8 Å². The number of nitrogens with zero attached hydrogens (tertiary/aromatic N) is 1. The molecule has 0 atom stereocenters. The fraction of sp³-hybridized carbons (Fsp3) is 0.194. The van der Waals surface area contributed by atoms with Gasteiger partial charge in [-0.1, -0.05) is 0 Å². The van der Waals surface area contributed by atoms with Gasteiger partial charge in [0.15, 0.2) is 0 Å². The predicted octanol–water partition coefficient (Wildman–Crippen LogP) is 9.28. The van der Waals surface area contributed by atoms with Gasteiger partial charge in [0.25, 0.3) is 0 Å². The molecule has 0 saturated heterocycles. The Labute approximate surface area is 269 Å². The number of para-hydroxylation sites is 1. The number of carbonyl (C=O) groups is 1. The molecule has 16 heteroatoms. The Balaban J connectivity index is 1.50. The van der Waals surface area contributed by atoms with Gasteiger partial charge in [0, 0.05) is 0 Å². The normalized spacial score (nSPS) is 13.7. The number of ketones is 1. The van der Waals surface area contributed by atoms with Crippen molar-refractivity contribution in [3.63, 3.8) is 0 Å². The Morgan fingerprint density at radius 3 is 1.81 bits per heavy atom. The van der Waals surface area contributed by atoms with Gasteiger partial charge in [0.2, 0.25) is 0 Å². The molecule has 47 heavy (non-hydrogen) atoms. The van der Waals surface area contributed by atoms with Crippen LogP contribution < -0.4 is 0 Å². The standard InChI is InChI=1S/C31H21F9INO4S/c1-2-42-25-11-7-6-10-23(25)24-18-20(14-17-26(24)42)27(43)19-12-15-22(16-13-19)41(21-8-4-3-5-9-21)46-47(44,45)31(39,40)29(34,35)28(32,33)30(36,37)38/h3-18H,2H2,1H3. The van der Waals surface area contributed by atoms with Crippen molar-refractivity contribution in [2.24, 2.45) is 0 Å². The van der Waals surface area contributed by atoms with Gasteiger partial charge in [-0.05, 0) is 0 Å². The summed E-state index contributed by atoms with van der Waals surface area (Å²) < 4.78 is 153. The van der Waals surface area contributed by atoms with Gasteiger partial charge < -0.3 is 0 Å². The van der Waals surface area contributed by atoms with Crippen molar-refractivity contribution in [2.75, 3.05) is 0 Å². The molecule has 0 saturated carbocycles. The van der Waals surface area contributed by atoms with Crippen LogP contribution in [0.3, 0.4) is 0 Å². The molecule has 5 nitrogen and oxygen atoms in total. The monoisotopic (exact) mass is 801 g/mol. The molecule has 0 radical (unpaired) electrons. The van der Waals surface area contributed by atoms with Crippen LogP contribution in [0.4, 0.5) is 39.5 Å². The molecule has 0 aliphatic heterocycles. The Bertz CT molecular complexity index is 2060. The third-order valence-corrected chi connectivity index (χ3v) is 14.5. The van der Waals surface area contributed by atoms with Crippen molar-refractivity contribution >= 4 is 57.9 Å². The second-order valence-corrected chi connectivity index (χ2v) is 16.6. The molecule has 0 spiro atoms. The molecule has 0 amide bonds. The van der Waals surface area contributed by atoms with Crippen molar-refractivity contribution in [2.45, 2.75) is 36.7 Å². The van der Waals surface area contributed by atoms with Crippen LogP contribution in [0, 0.1) is 7.14 Å². The number of halogens is 10. The topological polar surface area (TPSA) is 65.4 Å². The molecular weight excluding hydrogens is 780 g/mol. The summed E-state index contributed by atoms with van der Waals surface area (Å²) in [4.78, 5) is 13.4. The summed E-state index contributed by atoms with van der Waals surface area (Å²) in [7, 11) is -7.13. The van der Waals surface area contributed by atoms with Gasteiger partial charge in [0.1, 0.15) is 0 Å². The maximum absolute atomic E-state index is 14.5. The summed E-state index contributed by atoms with van der Waals surface area (Å²) in [6.07, 6.45) is -7.22. The van der Waals surface area contributed by atoms with E-state index in [1.165, 1.54) is 42.5 Å². The summed E-state index contributed by atoms with van der Waals surface area (Å²) in [6.45, 7) is 2.64. The van der Waals surface area contributed by atoms with Gasteiger partial charge >= 0.3 is 270 Å². The van der Waals surface area contributed by atoms with Crippen LogP contribution >= 0.6 is 20.2 Å². The average molecular weight is 801 g/mol. The van der Waals surface area contributed by atoms with Crippen molar-refractivity contribution < 1.29 is 55.2 Å². The van der Waals surface area contributed by atoms with E-state index < -0.39 is 59.4 Å². The summed E-state index contributed by atoms with van der Waals surface area (Å²) in [5.74, 6) is -15.3. The van der Waals surface area contributed by atoms with E-state index in [9.17, 15) is 52.7 Å². The van der Waals surface area contributed by atoms with E-state index in [-0.39, 0.29) is 18.3 Å². The van der Waals surface area contributed by atoms with Crippen molar-refractivity contribution in [3.8, 4) is 0 Å². The van der Waals surface area contributed by atoms with E-state index in [2.05, 4.69) is 7.08 Å². The van der Waals surface area contributed by atoms with Gasteiger partial charge in [-0.25, -0.2) is 0 Å². The van der Waals surface area contributed by atoms with Gasteiger partial charge in [-0.3, -0.25) is 0 Å². The molecule has 0 aliphatic rings. The average Bonchev–Trinajstić information content (AvgIpc) is 3.36. The van der Waals surface area contributed by atoms with Crippen LogP contribution in [0.2, 0.25) is 0 Å². The molecule has 0 bridgehead atoms. The minimum absolute atomic E-state index is 0.0563. The van der Waals surface area contributed by atoms with Gasteiger partial charge in [0.05, 0.1) is 0 Å². The molecule has 4 aromatic carbocycles. The second kappa shape index (κ2) is 12.1. The Hall–Kier alpha value is -3.64. The summed E-state index contributed by atoms with van der Waals surface area (Å²) in [6, 6.07) is 23.7. The van der Waals surface area contributed by atoms with Crippen LogP contribution in [-0.4, -0.2) is 42.0 Å². The third-order valence-electron chi connectivity index (χ3n) is 7.16. The van der Waals surface area contributed by atoms with Crippen LogP contribution in [0.5, 0.6) is 0 Å². The number of hydrogen-bond acceptors (Lipinski definition) is 4. The van der Waals surface area contributed by atoms with E-state index in [1.807, 2.05) is 31.2 Å². The first-order chi connectivity index (χ1) is 21.9. The number of aromatic nitrogens is 1. The number of carbonyl (C=O) groups excluding carboxylic acids is 1. The Morgan fingerprint density at radius 2 is 1.21 bits per heavy atom. The molecule has 0 aliphatic carbocycles. The van der Waals surface area contributed by atoms with Crippen molar-refractivity contribution in [3.05, 3.63) is 115 Å². The third kappa shape index (κ3) is 5.77. The number of aryl methyl sites for hydroxylation is 1. The first kappa shape index (κ1) is 34.7. The molecule has 250 valence electrons. The summed E-state index contributed by atoms with van der Waals surface area (Å²) in [5, 5.41) is -5.30. The zero-order valence-corrected chi connectivity index (χ0v) is 26.7. The molecule has 5 rings (SSSR count). The predicted molar refractivity (Wildman–Crippen MR) is 164 cm³/mol. The molecule has 0 unspecified atom stereocenters. The van der Waals surface area contributed by atoms with Crippen LogP contribution in [-0.2, 0) is 19.2 Å². The summed E-state index contributed by atoms with van der Waals surface area (Å²) >= 11 is -4.31. The van der Waals surface area contributed by atoms with E-state index in [0.29, 0.717) is 6.54 Å². The molecule has 0 fully saturated rings. The Kier molecular flexibility index (Phi) is 8.94. The summed E-state index contributed by atoms with van der Waals surface area (Å²) in [5.41, 5.74) is 2.17. The minimum atomic E-state index is -7.43. The molecule has 0 N–H and O–H groups in total. The zero-order chi connectivity index (χ0) is 34.6. The first-order valence-corrected chi connectivity index (χ1v) is 17.9. The number of rotatable bonds is 10. The molecule has 1 heterocycles. The first-order valence-electron chi connectivity index (χ1n) is 13.4. The van der Waals surface area contributed by atoms with Crippen molar-refractivity contribution in [1.29, 1.82) is 0 Å².